The van der Waals surface area contributed by atoms with Crippen molar-refractivity contribution in [1.82, 2.24) is 0 Å². The lowest BCUT2D eigenvalue weighted by atomic mass is 10.2. The first-order chi connectivity index (χ1) is 5.18. The third kappa shape index (κ3) is 2.85. The van der Waals surface area contributed by atoms with Gasteiger partial charge in [-0.05, 0) is 32.8 Å². The number of allylic oxidation sites excluding steroid dienone is 1. The lowest BCUT2D eigenvalue weighted by Crippen LogP contribution is -2.04. The SMILES string of the molecule is CC(=O)/C=C/C1CCC(C)O1. The van der Waals surface area contributed by atoms with Gasteiger partial charge in [0.25, 0.3) is 0 Å². The fourth-order valence-electron chi connectivity index (χ4n) is 1.22. The van der Waals surface area contributed by atoms with Gasteiger partial charge in [0, 0.05) is 0 Å². The van der Waals surface area contributed by atoms with E-state index in [9.17, 15) is 4.79 Å². The second-order valence-electron chi connectivity index (χ2n) is 3.03. The van der Waals surface area contributed by atoms with Gasteiger partial charge in [0.2, 0.25) is 0 Å². The third-order valence-corrected chi connectivity index (χ3v) is 1.81. The number of ketones is 1. The fourth-order valence-corrected chi connectivity index (χ4v) is 1.22. The summed E-state index contributed by atoms with van der Waals surface area (Å²) in [5.74, 6) is 0.0909. The number of hydrogen-bond donors (Lipinski definition) is 0. The van der Waals surface area contributed by atoms with Gasteiger partial charge in [-0.25, -0.2) is 0 Å². The molecule has 1 aliphatic heterocycles. The van der Waals surface area contributed by atoms with Crippen molar-refractivity contribution in [3.63, 3.8) is 0 Å². The maximum Gasteiger partial charge on any atom is 0.152 e. The molecule has 0 N–H and O–H groups in total. The molecule has 0 radical (unpaired) electrons. The van der Waals surface area contributed by atoms with Crippen molar-refractivity contribution in [2.45, 2.75) is 38.9 Å². The quantitative estimate of drug-likeness (QED) is 0.566. The van der Waals surface area contributed by atoms with E-state index in [2.05, 4.69) is 6.92 Å². The summed E-state index contributed by atoms with van der Waals surface area (Å²) in [6.07, 6.45) is 6.12. The molecule has 2 unspecified atom stereocenters. The van der Waals surface area contributed by atoms with Crippen LogP contribution in [0.15, 0.2) is 12.2 Å². The highest BCUT2D eigenvalue weighted by atomic mass is 16.5. The lowest BCUT2D eigenvalue weighted by Gasteiger charge is -2.03. The zero-order valence-corrected chi connectivity index (χ0v) is 7.04. The molecule has 0 aliphatic carbocycles. The van der Waals surface area contributed by atoms with E-state index in [1.165, 1.54) is 0 Å². The van der Waals surface area contributed by atoms with Gasteiger partial charge in [-0.1, -0.05) is 6.08 Å². The standard InChI is InChI=1S/C9H14O2/c1-7(10)3-5-9-6-4-8(2)11-9/h3,5,8-9H,4,6H2,1-2H3/b5-3+. The summed E-state index contributed by atoms with van der Waals surface area (Å²) in [4.78, 5) is 10.5. The first-order valence-electron chi connectivity index (χ1n) is 4.02. The van der Waals surface area contributed by atoms with E-state index in [-0.39, 0.29) is 11.9 Å². The van der Waals surface area contributed by atoms with Gasteiger partial charge in [0.1, 0.15) is 0 Å². The molecule has 0 saturated carbocycles. The molecule has 11 heavy (non-hydrogen) atoms. The topological polar surface area (TPSA) is 26.3 Å². The number of carbonyl (C=O) groups excluding carboxylic acids is 1. The van der Waals surface area contributed by atoms with Crippen LogP contribution < -0.4 is 0 Å². The smallest absolute Gasteiger partial charge is 0.152 e. The Morgan fingerprint density at radius 1 is 1.55 bits per heavy atom. The molecule has 0 aromatic rings. The molecular weight excluding hydrogens is 140 g/mol. The van der Waals surface area contributed by atoms with E-state index in [0.29, 0.717) is 6.10 Å². The molecule has 2 heteroatoms. The van der Waals surface area contributed by atoms with Crippen molar-refractivity contribution in [1.29, 1.82) is 0 Å². The molecule has 1 aliphatic rings. The maximum absolute atomic E-state index is 10.5. The first-order valence-corrected chi connectivity index (χ1v) is 4.02. The molecule has 1 heterocycles. The van der Waals surface area contributed by atoms with Gasteiger partial charge < -0.3 is 4.74 Å². The molecule has 0 spiro atoms. The molecule has 0 bridgehead atoms. The predicted octanol–water partition coefficient (Wildman–Crippen LogP) is 1.70. The molecule has 2 nitrogen and oxygen atoms in total. The van der Waals surface area contributed by atoms with E-state index in [1.54, 1.807) is 13.0 Å². The fraction of sp³-hybridized carbons (Fsp3) is 0.667. The Kier molecular flexibility index (Phi) is 2.83. The molecule has 1 rings (SSSR count). The Bertz CT molecular complexity index is 172. The zero-order valence-electron chi connectivity index (χ0n) is 7.04. The minimum absolute atomic E-state index is 0.0909. The van der Waals surface area contributed by atoms with Crippen molar-refractivity contribution in [3.05, 3.63) is 12.2 Å². The summed E-state index contributed by atoms with van der Waals surface area (Å²) in [6, 6.07) is 0. The molecular formula is C9H14O2. The molecule has 62 valence electrons. The van der Waals surface area contributed by atoms with E-state index in [0.717, 1.165) is 12.8 Å². The Hall–Kier alpha value is -0.630. The minimum atomic E-state index is 0.0909. The monoisotopic (exact) mass is 154 g/mol. The Morgan fingerprint density at radius 3 is 2.73 bits per heavy atom. The van der Waals surface area contributed by atoms with Crippen LogP contribution in [0.2, 0.25) is 0 Å². The second kappa shape index (κ2) is 3.67. The predicted molar refractivity (Wildman–Crippen MR) is 43.4 cm³/mol. The molecule has 1 fully saturated rings. The van der Waals surface area contributed by atoms with Crippen LogP contribution in [-0.2, 0) is 9.53 Å². The van der Waals surface area contributed by atoms with Crippen molar-refractivity contribution in [3.8, 4) is 0 Å². The van der Waals surface area contributed by atoms with E-state index >= 15 is 0 Å². The van der Waals surface area contributed by atoms with E-state index in [1.807, 2.05) is 6.08 Å². The maximum atomic E-state index is 10.5. The second-order valence-corrected chi connectivity index (χ2v) is 3.03. The molecule has 1 saturated heterocycles. The highest BCUT2D eigenvalue weighted by Crippen LogP contribution is 2.19. The van der Waals surface area contributed by atoms with Gasteiger partial charge in [-0.15, -0.1) is 0 Å². The summed E-state index contributed by atoms with van der Waals surface area (Å²) in [7, 11) is 0. The van der Waals surface area contributed by atoms with Crippen molar-refractivity contribution in [2.24, 2.45) is 0 Å². The number of hydrogen-bond acceptors (Lipinski definition) is 2. The van der Waals surface area contributed by atoms with Crippen molar-refractivity contribution < 1.29 is 9.53 Å². The number of ether oxygens (including phenoxy) is 1. The van der Waals surface area contributed by atoms with Gasteiger partial charge in [0.05, 0.1) is 12.2 Å². The van der Waals surface area contributed by atoms with Gasteiger partial charge >= 0.3 is 0 Å². The van der Waals surface area contributed by atoms with Gasteiger partial charge in [-0.2, -0.15) is 0 Å². The van der Waals surface area contributed by atoms with Gasteiger partial charge in [0.15, 0.2) is 5.78 Å². The highest BCUT2D eigenvalue weighted by molar-refractivity contribution is 5.87. The number of rotatable bonds is 2. The summed E-state index contributed by atoms with van der Waals surface area (Å²) >= 11 is 0. The summed E-state index contributed by atoms with van der Waals surface area (Å²) in [6.45, 7) is 3.61. The average Bonchev–Trinajstić information content (AvgIpc) is 2.31. The van der Waals surface area contributed by atoms with Crippen LogP contribution in [0.25, 0.3) is 0 Å². The Morgan fingerprint density at radius 2 is 2.27 bits per heavy atom. The van der Waals surface area contributed by atoms with Crippen LogP contribution in [-0.4, -0.2) is 18.0 Å². The molecule has 2 atom stereocenters. The normalized spacial score (nSPS) is 31.5. The average molecular weight is 154 g/mol. The number of carbonyl (C=O) groups is 1. The summed E-state index contributed by atoms with van der Waals surface area (Å²) < 4.78 is 5.47. The first kappa shape index (κ1) is 8.47. The van der Waals surface area contributed by atoms with Crippen LogP contribution in [0.3, 0.4) is 0 Å². The van der Waals surface area contributed by atoms with Crippen LogP contribution in [0.1, 0.15) is 26.7 Å². The van der Waals surface area contributed by atoms with Gasteiger partial charge in [-0.3, -0.25) is 4.79 Å². The zero-order chi connectivity index (χ0) is 8.27. The van der Waals surface area contributed by atoms with Crippen LogP contribution in [0.5, 0.6) is 0 Å². The molecule has 0 amide bonds. The Labute approximate surface area is 67.2 Å². The third-order valence-electron chi connectivity index (χ3n) is 1.81. The summed E-state index contributed by atoms with van der Waals surface area (Å²) in [5.41, 5.74) is 0. The van der Waals surface area contributed by atoms with Crippen LogP contribution >= 0.6 is 0 Å². The van der Waals surface area contributed by atoms with Crippen LogP contribution in [0.4, 0.5) is 0 Å². The van der Waals surface area contributed by atoms with E-state index < -0.39 is 0 Å². The molecule has 0 aromatic carbocycles. The van der Waals surface area contributed by atoms with E-state index in [4.69, 9.17) is 4.74 Å². The van der Waals surface area contributed by atoms with Crippen molar-refractivity contribution >= 4 is 5.78 Å². The lowest BCUT2D eigenvalue weighted by molar-refractivity contribution is -0.112. The van der Waals surface area contributed by atoms with Crippen molar-refractivity contribution in [2.75, 3.05) is 0 Å². The largest absolute Gasteiger partial charge is 0.371 e. The van der Waals surface area contributed by atoms with Crippen LogP contribution in [0, 0.1) is 0 Å². The highest BCUT2D eigenvalue weighted by Gasteiger charge is 2.18. The molecule has 0 aromatic heterocycles. The summed E-state index contributed by atoms with van der Waals surface area (Å²) in [5, 5.41) is 0. The minimum Gasteiger partial charge on any atom is -0.371 e. The Balaban J connectivity index is 2.33.